The Bertz CT molecular complexity index is 745. The third kappa shape index (κ3) is 2.60. The van der Waals surface area contributed by atoms with Crippen LogP contribution in [0.5, 0.6) is 0 Å². The highest BCUT2D eigenvalue weighted by Crippen LogP contribution is 2.25. The largest absolute Gasteiger partial charge is 0.396 e. The van der Waals surface area contributed by atoms with Gasteiger partial charge in [0.05, 0.1) is 16.3 Å². The zero-order valence-electron chi connectivity index (χ0n) is 11.2. The van der Waals surface area contributed by atoms with Gasteiger partial charge in [-0.1, -0.05) is 12.1 Å². The molecule has 2 aromatic rings. The fraction of sp³-hybridized carbons (Fsp3) is 0.143. The van der Waals surface area contributed by atoms with Gasteiger partial charge in [0, 0.05) is 7.05 Å². The molecule has 0 bridgehead atoms. The van der Waals surface area contributed by atoms with Gasteiger partial charge in [-0.2, -0.15) is 0 Å². The molecule has 0 saturated heterocycles. The summed E-state index contributed by atoms with van der Waals surface area (Å²) in [5.74, 6) is -0.574. The van der Waals surface area contributed by atoms with E-state index in [1.807, 2.05) is 13.0 Å². The van der Waals surface area contributed by atoms with Crippen LogP contribution in [-0.4, -0.2) is 15.5 Å². The first-order valence-electron chi connectivity index (χ1n) is 5.93. The van der Waals surface area contributed by atoms with Crippen molar-refractivity contribution in [2.45, 2.75) is 11.8 Å². The molecule has 0 atom stereocenters. The summed E-state index contributed by atoms with van der Waals surface area (Å²) in [5, 5.41) is 0. The molecule has 0 fully saturated rings. The van der Waals surface area contributed by atoms with Gasteiger partial charge in [-0.25, -0.2) is 12.8 Å². The molecule has 6 heteroatoms. The van der Waals surface area contributed by atoms with Gasteiger partial charge in [0.25, 0.3) is 10.0 Å². The number of benzene rings is 2. The fourth-order valence-corrected chi connectivity index (χ4v) is 3.09. The third-order valence-electron chi connectivity index (χ3n) is 2.99. The van der Waals surface area contributed by atoms with E-state index in [0.717, 1.165) is 15.9 Å². The first-order chi connectivity index (χ1) is 9.32. The summed E-state index contributed by atoms with van der Waals surface area (Å²) in [6.07, 6.45) is 0. The van der Waals surface area contributed by atoms with Crippen LogP contribution in [0.15, 0.2) is 47.4 Å². The number of sulfonamides is 1. The lowest BCUT2D eigenvalue weighted by Crippen LogP contribution is -2.26. The van der Waals surface area contributed by atoms with E-state index in [1.54, 1.807) is 12.1 Å². The number of nitrogen functional groups attached to an aromatic ring is 1. The van der Waals surface area contributed by atoms with Crippen molar-refractivity contribution in [1.82, 2.24) is 0 Å². The number of hydrogen-bond acceptors (Lipinski definition) is 3. The van der Waals surface area contributed by atoms with Gasteiger partial charge >= 0.3 is 0 Å². The molecule has 0 unspecified atom stereocenters. The minimum atomic E-state index is -3.69. The molecule has 0 aromatic heterocycles. The first-order valence-corrected chi connectivity index (χ1v) is 7.37. The second-order valence-electron chi connectivity index (χ2n) is 4.49. The highest BCUT2D eigenvalue weighted by molar-refractivity contribution is 7.92. The predicted octanol–water partition coefficient (Wildman–Crippen LogP) is 2.54. The quantitative estimate of drug-likeness (QED) is 0.885. The van der Waals surface area contributed by atoms with E-state index >= 15 is 0 Å². The van der Waals surface area contributed by atoms with Gasteiger partial charge < -0.3 is 5.73 Å². The molecule has 4 nitrogen and oxygen atoms in total. The molecule has 20 heavy (non-hydrogen) atoms. The standard InChI is InChI=1S/C14H15FN2O2S/c1-10-4-3-5-12(8-10)20(18,19)17(2)11-6-7-13(15)14(16)9-11/h3-9H,16H2,1-2H3. The van der Waals surface area contributed by atoms with Crippen molar-refractivity contribution < 1.29 is 12.8 Å². The number of halogens is 1. The van der Waals surface area contributed by atoms with E-state index in [4.69, 9.17) is 5.73 Å². The highest BCUT2D eigenvalue weighted by Gasteiger charge is 2.21. The summed E-state index contributed by atoms with van der Waals surface area (Å²) >= 11 is 0. The third-order valence-corrected chi connectivity index (χ3v) is 4.77. The molecular weight excluding hydrogens is 279 g/mol. The monoisotopic (exact) mass is 294 g/mol. The summed E-state index contributed by atoms with van der Waals surface area (Å²) in [7, 11) is -2.28. The smallest absolute Gasteiger partial charge is 0.264 e. The maximum atomic E-state index is 13.1. The van der Waals surface area contributed by atoms with E-state index in [-0.39, 0.29) is 10.6 Å². The molecule has 0 heterocycles. The van der Waals surface area contributed by atoms with E-state index < -0.39 is 15.8 Å². The van der Waals surface area contributed by atoms with Crippen LogP contribution in [0.3, 0.4) is 0 Å². The summed E-state index contributed by atoms with van der Waals surface area (Å²) < 4.78 is 39.2. The first kappa shape index (κ1) is 14.3. The van der Waals surface area contributed by atoms with Crippen molar-refractivity contribution in [2.75, 3.05) is 17.1 Å². The number of nitrogens with two attached hydrogens (primary N) is 1. The van der Waals surface area contributed by atoms with E-state index in [0.29, 0.717) is 5.69 Å². The van der Waals surface area contributed by atoms with Crippen LogP contribution >= 0.6 is 0 Å². The number of nitrogens with zero attached hydrogens (tertiary/aromatic N) is 1. The number of aryl methyl sites for hydroxylation is 1. The normalized spacial score (nSPS) is 11.3. The zero-order valence-corrected chi connectivity index (χ0v) is 12.0. The van der Waals surface area contributed by atoms with E-state index in [1.165, 1.54) is 25.2 Å². The Morgan fingerprint density at radius 2 is 1.85 bits per heavy atom. The lowest BCUT2D eigenvalue weighted by molar-refractivity contribution is 0.594. The van der Waals surface area contributed by atoms with Gasteiger partial charge in [-0.05, 0) is 42.8 Å². The van der Waals surface area contributed by atoms with Crippen LogP contribution in [0.4, 0.5) is 15.8 Å². The molecule has 0 spiro atoms. The molecular formula is C14H15FN2O2S. The van der Waals surface area contributed by atoms with Gasteiger partial charge in [0.15, 0.2) is 0 Å². The molecule has 2 rings (SSSR count). The minimum Gasteiger partial charge on any atom is -0.396 e. The Kier molecular flexibility index (Phi) is 3.67. The van der Waals surface area contributed by atoms with Crippen molar-refractivity contribution in [3.63, 3.8) is 0 Å². The van der Waals surface area contributed by atoms with Crippen LogP contribution in [0.25, 0.3) is 0 Å². The Labute approximate surface area is 117 Å². The molecule has 0 aliphatic carbocycles. The van der Waals surface area contributed by atoms with Gasteiger partial charge in [-0.15, -0.1) is 0 Å². The van der Waals surface area contributed by atoms with Gasteiger partial charge in [0.2, 0.25) is 0 Å². The summed E-state index contributed by atoms with van der Waals surface area (Å²) in [5.41, 5.74) is 6.53. The lowest BCUT2D eigenvalue weighted by Gasteiger charge is -2.20. The van der Waals surface area contributed by atoms with Crippen LogP contribution in [-0.2, 0) is 10.0 Å². The van der Waals surface area contributed by atoms with Crippen LogP contribution in [0.1, 0.15) is 5.56 Å². The van der Waals surface area contributed by atoms with E-state index in [2.05, 4.69) is 0 Å². The van der Waals surface area contributed by atoms with Crippen LogP contribution in [0, 0.1) is 12.7 Å². The number of hydrogen-bond donors (Lipinski definition) is 1. The molecule has 0 saturated carbocycles. The Hall–Kier alpha value is -2.08. The Morgan fingerprint density at radius 1 is 1.15 bits per heavy atom. The number of anilines is 2. The van der Waals surface area contributed by atoms with E-state index in [9.17, 15) is 12.8 Å². The SMILES string of the molecule is Cc1cccc(S(=O)(=O)N(C)c2ccc(F)c(N)c2)c1. The molecule has 2 N–H and O–H groups in total. The zero-order chi connectivity index (χ0) is 14.9. The van der Waals surface area contributed by atoms with Crippen molar-refractivity contribution >= 4 is 21.4 Å². The second kappa shape index (κ2) is 5.13. The van der Waals surface area contributed by atoms with Crippen molar-refractivity contribution in [3.8, 4) is 0 Å². The summed E-state index contributed by atoms with van der Waals surface area (Å²) in [6, 6.07) is 10.4. The lowest BCUT2D eigenvalue weighted by atomic mass is 10.2. The highest BCUT2D eigenvalue weighted by atomic mass is 32.2. The Balaban J connectivity index is 2.46. The topological polar surface area (TPSA) is 63.4 Å². The molecule has 0 amide bonds. The Morgan fingerprint density at radius 3 is 2.45 bits per heavy atom. The molecule has 0 aliphatic rings. The molecule has 0 aliphatic heterocycles. The van der Waals surface area contributed by atoms with Crippen LogP contribution in [0.2, 0.25) is 0 Å². The maximum Gasteiger partial charge on any atom is 0.264 e. The summed E-state index contributed by atoms with van der Waals surface area (Å²) in [4.78, 5) is 0.183. The van der Waals surface area contributed by atoms with Crippen molar-refractivity contribution in [2.24, 2.45) is 0 Å². The summed E-state index contributed by atoms with van der Waals surface area (Å²) in [6.45, 7) is 1.81. The average Bonchev–Trinajstić information content (AvgIpc) is 2.41. The van der Waals surface area contributed by atoms with Crippen molar-refractivity contribution in [1.29, 1.82) is 0 Å². The predicted molar refractivity (Wildman–Crippen MR) is 77.6 cm³/mol. The van der Waals surface area contributed by atoms with Gasteiger partial charge in [-0.3, -0.25) is 4.31 Å². The molecule has 2 aromatic carbocycles. The average molecular weight is 294 g/mol. The molecule has 106 valence electrons. The second-order valence-corrected chi connectivity index (χ2v) is 6.46. The van der Waals surface area contributed by atoms with Gasteiger partial charge in [0.1, 0.15) is 5.82 Å². The van der Waals surface area contributed by atoms with Crippen molar-refractivity contribution in [3.05, 3.63) is 53.8 Å². The molecule has 0 radical (unpaired) electrons. The minimum absolute atomic E-state index is 0.0891. The fourth-order valence-electron chi connectivity index (χ4n) is 1.80. The maximum absolute atomic E-state index is 13.1. The number of rotatable bonds is 3. The van der Waals surface area contributed by atoms with Crippen LogP contribution < -0.4 is 10.0 Å².